The number of hydrogen-bond acceptors (Lipinski definition) is 7. The predicted octanol–water partition coefficient (Wildman–Crippen LogP) is 5.62. The first kappa shape index (κ1) is 25.5. The van der Waals surface area contributed by atoms with Crippen LogP contribution < -0.4 is 24.8 Å². The highest BCUT2D eigenvalue weighted by molar-refractivity contribution is 6.31. The Morgan fingerprint density at radius 3 is 2.31 bits per heavy atom. The number of rotatable bonds is 5. The van der Waals surface area contributed by atoms with Crippen LogP contribution in [0.2, 0.25) is 5.02 Å². The highest BCUT2D eigenvalue weighted by atomic mass is 35.5. The molecule has 1 unspecified atom stereocenters. The number of nitrogens with zero attached hydrogens (tertiary/aromatic N) is 2. The van der Waals surface area contributed by atoms with Crippen LogP contribution >= 0.6 is 11.6 Å². The molecule has 1 aliphatic carbocycles. The highest BCUT2D eigenvalue weighted by Gasteiger charge is 2.45. The normalized spacial score (nSPS) is 19.1. The van der Waals surface area contributed by atoms with E-state index in [1.165, 1.54) is 21.3 Å². The maximum atomic E-state index is 13.8. The van der Waals surface area contributed by atoms with Crippen molar-refractivity contribution in [3.63, 3.8) is 0 Å². The van der Waals surface area contributed by atoms with Gasteiger partial charge in [0.05, 0.1) is 44.6 Å². The Labute approximate surface area is 216 Å². The molecular weight excluding hydrogens is 478 g/mol. The predicted molar refractivity (Wildman–Crippen MR) is 139 cm³/mol. The second-order valence-electron chi connectivity index (χ2n) is 9.82. The monoisotopic (exact) mass is 507 g/mol. The summed E-state index contributed by atoms with van der Waals surface area (Å²) >= 11 is 6.46. The fraction of sp³-hybridized carbons (Fsp3) is 0.357. The molecule has 7 nitrogen and oxygen atoms in total. The van der Waals surface area contributed by atoms with Crippen LogP contribution in [0.15, 0.2) is 53.0 Å². The van der Waals surface area contributed by atoms with Crippen molar-refractivity contribution >= 4 is 23.1 Å². The zero-order valence-electron chi connectivity index (χ0n) is 21.4. The summed E-state index contributed by atoms with van der Waals surface area (Å²) in [6.45, 7) is 6.02. The third kappa shape index (κ3) is 4.06. The van der Waals surface area contributed by atoms with E-state index in [4.69, 9.17) is 31.5 Å². The minimum absolute atomic E-state index is 0.0232. The Bertz CT molecular complexity index is 1330. The molecule has 0 saturated heterocycles. The number of benzene rings is 2. The average Bonchev–Trinajstić information content (AvgIpc) is 2.83. The first-order chi connectivity index (χ1) is 17.1. The van der Waals surface area contributed by atoms with Gasteiger partial charge in [0.2, 0.25) is 5.75 Å². The second-order valence-corrected chi connectivity index (χ2v) is 10.2. The summed E-state index contributed by atoms with van der Waals surface area (Å²) in [4.78, 5) is 15.6. The third-order valence-corrected chi connectivity index (χ3v) is 7.29. The summed E-state index contributed by atoms with van der Waals surface area (Å²) < 4.78 is 16.6. The van der Waals surface area contributed by atoms with E-state index in [-0.39, 0.29) is 22.6 Å². The van der Waals surface area contributed by atoms with Gasteiger partial charge in [-0.3, -0.25) is 9.69 Å². The molecule has 4 rings (SSSR count). The van der Waals surface area contributed by atoms with Crippen LogP contribution in [0.4, 0.5) is 5.69 Å². The summed E-state index contributed by atoms with van der Waals surface area (Å²) in [5.74, 6) is 0.855. The number of anilines is 1. The smallest absolute Gasteiger partial charge is 0.203 e. The van der Waals surface area contributed by atoms with Crippen molar-refractivity contribution in [2.45, 2.75) is 39.5 Å². The molecule has 8 heteroatoms. The van der Waals surface area contributed by atoms with E-state index in [2.05, 4.69) is 19.9 Å². The molecule has 188 valence electrons. The van der Waals surface area contributed by atoms with Gasteiger partial charge in [-0.25, -0.2) is 0 Å². The first-order valence-corrected chi connectivity index (χ1v) is 12.0. The molecular formula is C28H30ClN3O4. The number of ether oxygens (including phenoxy) is 3. The number of Topliss-reactive ketones (excluding diaryl/α,β-unsaturated/α-hetero) is 1. The molecule has 0 fully saturated rings. The van der Waals surface area contributed by atoms with Gasteiger partial charge in [0, 0.05) is 22.7 Å². The van der Waals surface area contributed by atoms with E-state index >= 15 is 0 Å². The minimum atomic E-state index is -0.682. The fourth-order valence-corrected chi connectivity index (χ4v) is 5.39. The van der Waals surface area contributed by atoms with Gasteiger partial charge in [0.15, 0.2) is 17.3 Å². The number of hydrogen-bond donors (Lipinski definition) is 1. The number of nitriles is 1. The summed E-state index contributed by atoms with van der Waals surface area (Å²) in [6.07, 6.45) is 0.952. The molecule has 0 saturated carbocycles. The largest absolute Gasteiger partial charge is 0.493 e. The van der Waals surface area contributed by atoms with Crippen molar-refractivity contribution in [1.29, 1.82) is 5.26 Å². The number of carbonyl (C=O) groups is 1. The minimum Gasteiger partial charge on any atom is -0.493 e. The van der Waals surface area contributed by atoms with Crippen LogP contribution in [0.25, 0.3) is 0 Å². The fourth-order valence-electron chi connectivity index (χ4n) is 5.22. The molecule has 1 heterocycles. The molecule has 2 N–H and O–H groups in total. The van der Waals surface area contributed by atoms with Gasteiger partial charge in [-0.05, 0) is 54.2 Å². The van der Waals surface area contributed by atoms with Crippen molar-refractivity contribution in [3.05, 3.63) is 69.1 Å². The number of nitrogens with two attached hydrogens (primary N) is 1. The van der Waals surface area contributed by atoms with E-state index in [1.54, 1.807) is 18.2 Å². The Balaban J connectivity index is 2.06. The topological polar surface area (TPSA) is 97.8 Å². The van der Waals surface area contributed by atoms with Crippen LogP contribution in [-0.4, -0.2) is 27.1 Å². The molecule has 0 bridgehead atoms. The number of ketones is 1. The number of methoxy groups -OCH3 is 3. The number of allylic oxidation sites excluding steroid dienone is 3. The van der Waals surface area contributed by atoms with E-state index in [1.807, 2.05) is 24.0 Å². The highest BCUT2D eigenvalue weighted by Crippen LogP contribution is 2.52. The summed E-state index contributed by atoms with van der Waals surface area (Å²) in [5.41, 5.74) is 10.3. The van der Waals surface area contributed by atoms with Crippen LogP contribution in [0.3, 0.4) is 0 Å². The summed E-state index contributed by atoms with van der Waals surface area (Å²) in [6, 6.07) is 11.4. The zero-order chi connectivity index (χ0) is 26.4. The van der Waals surface area contributed by atoms with Crippen molar-refractivity contribution in [3.8, 4) is 23.3 Å². The average molecular weight is 508 g/mol. The van der Waals surface area contributed by atoms with E-state index in [0.29, 0.717) is 46.2 Å². The van der Waals surface area contributed by atoms with Gasteiger partial charge in [-0.2, -0.15) is 5.26 Å². The van der Waals surface area contributed by atoms with Gasteiger partial charge in [-0.15, -0.1) is 0 Å². The van der Waals surface area contributed by atoms with Crippen molar-refractivity contribution in [2.75, 3.05) is 26.2 Å². The molecule has 1 aliphatic heterocycles. The first-order valence-electron chi connectivity index (χ1n) is 11.6. The standard InChI is InChI=1S/C28H30ClN3O4/c1-15-18(29)8-7-9-19(15)32-20-12-28(2,3)13-21(33)25(20)24(17(14-30)27(32)31)16-10-22(34-4)26(36-6)23(11-16)35-5/h7-11,24H,12-13,31H2,1-6H3. The maximum Gasteiger partial charge on any atom is 0.203 e. The molecule has 36 heavy (non-hydrogen) atoms. The summed E-state index contributed by atoms with van der Waals surface area (Å²) in [7, 11) is 4.58. The lowest BCUT2D eigenvalue weighted by atomic mass is 9.68. The van der Waals surface area contributed by atoms with Crippen LogP contribution in [0, 0.1) is 23.7 Å². The van der Waals surface area contributed by atoms with Crippen LogP contribution in [0.1, 0.15) is 43.7 Å². The summed E-state index contributed by atoms with van der Waals surface area (Å²) in [5, 5.41) is 10.9. The Morgan fingerprint density at radius 2 is 1.75 bits per heavy atom. The van der Waals surface area contributed by atoms with Crippen LogP contribution in [0.5, 0.6) is 17.2 Å². The van der Waals surface area contributed by atoms with Gasteiger partial charge in [0.25, 0.3) is 0 Å². The molecule has 1 atom stereocenters. The molecule has 2 aromatic rings. The molecule has 2 aromatic carbocycles. The van der Waals surface area contributed by atoms with Crippen LogP contribution in [-0.2, 0) is 4.79 Å². The number of halogens is 1. The zero-order valence-corrected chi connectivity index (χ0v) is 22.1. The van der Waals surface area contributed by atoms with Crippen molar-refractivity contribution < 1.29 is 19.0 Å². The Morgan fingerprint density at radius 1 is 1.11 bits per heavy atom. The van der Waals surface area contributed by atoms with Crippen molar-refractivity contribution in [2.24, 2.45) is 11.1 Å². The Kier molecular flexibility index (Phi) is 6.68. The molecule has 0 aromatic heterocycles. The number of carbonyl (C=O) groups excluding carboxylic acids is 1. The molecule has 0 radical (unpaired) electrons. The lowest BCUT2D eigenvalue weighted by Gasteiger charge is -2.44. The quantitative estimate of drug-likeness (QED) is 0.561. The van der Waals surface area contributed by atoms with Crippen molar-refractivity contribution in [1.82, 2.24) is 0 Å². The molecule has 0 amide bonds. The van der Waals surface area contributed by atoms with E-state index in [0.717, 1.165) is 16.9 Å². The maximum absolute atomic E-state index is 13.8. The second kappa shape index (κ2) is 9.44. The SMILES string of the molecule is COc1cc(C2C(C#N)=C(N)N(c3cccc(Cl)c3C)C3=C2C(=O)CC(C)(C)C3)cc(OC)c1OC. The van der Waals surface area contributed by atoms with Gasteiger partial charge >= 0.3 is 0 Å². The molecule has 0 spiro atoms. The lowest BCUT2D eigenvalue weighted by molar-refractivity contribution is -0.118. The van der Waals surface area contributed by atoms with E-state index < -0.39 is 5.92 Å². The van der Waals surface area contributed by atoms with Gasteiger partial charge in [-0.1, -0.05) is 31.5 Å². The van der Waals surface area contributed by atoms with Gasteiger partial charge in [0.1, 0.15) is 5.82 Å². The van der Waals surface area contributed by atoms with E-state index in [9.17, 15) is 10.1 Å². The Hall–Kier alpha value is -3.63. The molecule has 2 aliphatic rings. The van der Waals surface area contributed by atoms with Gasteiger partial charge < -0.3 is 19.9 Å². The third-order valence-electron chi connectivity index (χ3n) is 6.88. The lowest BCUT2D eigenvalue weighted by Crippen LogP contribution is -2.42.